The second-order valence-electron chi connectivity index (χ2n) is 4.97. The third kappa shape index (κ3) is 4.12. The van der Waals surface area contributed by atoms with E-state index in [1.807, 2.05) is 6.92 Å². The van der Waals surface area contributed by atoms with E-state index in [1.165, 1.54) is 12.1 Å². The van der Waals surface area contributed by atoms with Crippen LogP contribution in [0.1, 0.15) is 50.7 Å². The molecule has 0 bridgehead atoms. The van der Waals surface area contributed by atoms with Crippen LogP contribution in [0.3, 0.4) is 0 Å². The van der Waals surface area contributed by atoms with Crippen LogP contribution >= 0.6 is 0 Å². The normalized spacial score (nSPS) is 11.8. The van der Waals surface area contributed by atoms with Gasteiger partial charge in [-0.2, -0.15) is 0 Å². The van der Waals surface area contributed by atoms with Gasteiger partial charge in [-0.05, 0) is 43.0 Å². The Morgan fingerprint density at radius 1 is 1.18 bits per heavy atom. The first-order valence-electron chi connectivity index (χ1n) is 6.48. The van der Waals surface area contributed by atoms with Gasteiger partial charge in [0.15, 0.2) is 0 Å². The number of halogens is 1. The minimum absolute atomic E-state index is 0.208. The predicted octanol–water partition coefficient (Wildman–Crippen LogP) is 4.01. The SMILES string of the molecule is CCCC(O)(CCC)Cc1ccc(F)cc1C. The molecule has 1 N–H and O–H groups in total. The number of rotatable bonds is 6. The molecular weight excluding hydrogens is 215 g/mol. The summed E-state index contributed by atoms with van der Waals surface area (Å²) in [4.78, 5) is 0. The van der Waals surface area contributed by atoms with Gasteiger partial charge in [-0.1, -0.05) is 32.8 Å². The number of aryl methyl sites for hydroxylation is 1. The lowest BCUT2D eigenvalue weighted by atomic mass is 9.85. The van der Waals surface area contributed by atoms with Gasteiger partial charge in [-0.3, -0.25) is 0 Å². The molecule has 0 unspecified atom stereocenters. The number of hydrogen-bond donors (Lipinski definition) is 1. The van der Waals surface area contributed by atoms with E-state index in [1.54, 1.807) is 6.07 Å². The largest absolute Gasteiger partial charge is 0.390 e. The molecule has 0 amide bonds. The molecule has 0 aliphatic heterocycles. The van der Waals surface area contributed by atoms with Crippen LogP contribution in [0.5, 0.6) is 0 Å². The maximum Gasteiger partial charge on any atom is 0.123 e. The molecule has 0 radical (unpaired) electrons. The van der Waals surface area contributed by atoms with E-state index in [0.29, 0.717) is 6.42 Å². The molecule has 0 aliphatic carbocycles. The summed E-state index contributed by atoms with van der Waals surface area (Å²) in [5.41, 5.74) is 1.35. The Bertz CT molecular complexity index is 354. The summed E-state index contributed by atoms with van der Waals surface area (Å²) in [7, 11) is 0. The van der Waals surface area contributed by atoms with Gasteiger partial charge in [0.25, 0.3) is 0 Å². The second kappa shape index (κ2) is 6.15. The fourth-order valence-corrected chi connectivity index (χ4v) is 2.44. The maximum absolute atomic E-state index is 13.0. The van der Waals surface area contributed by atoms with Gasteiger partial charge in [0.1, 0.15) is 5.82 Å². The van der Waals surface area contributed by atoms with Gasteiger partial charge in [0.05, 0.1) is 5.60 Å². The topological polar surface area (TPSA) is 20.2 Å². The summed E-state index contributed by atoms with van der Waals surface area (Å²) in [6.45, 7) is 6.06. The van der Waals surface area contributed by atoms with Crippen LogP contribution in [-0.2, 0) is 6.42 Å². The standard InChI is InChI=1S/C15H23FO/c1-4-8-15(17,9-5-2)11-13-6-7-14(16)10-12(13)3/h6-7,10,17H,4-5,8-9,11H2,1-3H3. The number of hydrogen-bond acceptors (Lipinski definition) is 1. The van der Waals surface area contributed by atoms with Gasteiger partial charge in [0, 0.05) is 6.42 Å². The van der Waals surface area contributed by atoms with Crippen LogP contribution in [0.2, 0.25) is 0 Å². The molecule has 0 fully saturated rings. The molecule has 0 saturated carbocycles. The van der Waals surface area contributed by atoms with Gasteiger partial charge in [0.2, 0.25) is 0 Å². The Balaban J connectivity index is 2.85. The third-order valence-electron chi connectivity index (χ3n) is 3.25. The summed E-state index contributed by atoms with van der Waals surface area (Å²) in [6, 6.07) is 4.80. The van der Waals surface area contributed by atoms with Crippen molar-refractivity contribution in [3.8, 4) is 0 Å². The molecule has 1 nitrogen and oxygen atoms in total. The maximum atomic E-state index is 13.0. The van der Waals surface area contributed by atoms with E-state index in [9.17, 15) is 9.50 Å². The van der Waals surface area contributed by atoms with Gasteiger partial charge < -0.3 is 5.11 Å². The second-order valence-corrected chi connectivity index (χ2v) is 4.97. The molecule has 0 spiro atoms. The Labute approximate surface area is 104 Å². The molecule has 2 heteroatoms. The van der Waals surface area contributed by atoms with Crippen LogP contribution in [-0.4, -0.2) is 10.7 Å². The van der Waals surface area contributed by atoms with Crippen LogP contribution in [0.25, 0.3) is 0 Å². The van der Waals surface area contributed by atoms with Crippen molar-refractivity contribution >= 4 is 0 Å². The average Bonchev–Trinajstić information content (AvgIpc) is 2.23. The highest BCUT2D eigenvalue weighted by molar-refractivity contribution is 5.28. The van der Waals surface area contributed by atoms with Crippen molar-refractivity contribution in [3.05, 3.63) is 35.1 Å². The minimum Gasteiger partial charge on any atom is -0.390 e. The van der Waals surface area contributed by atoms with Crippen molar-refractivity contribution in [1.82, 2.24) is 0 Å². The van der Waals surface area contributed by atoms with Gasteiger partial charge in [-0.25, -0.2) is 4.39 Å². The highest BCUT2D eigenvalue weighted by Crippen LogP contribution is 2.26. The monoisotopic (exact) mass is 238 g/mol. The first-order valence-corrected chi connectivity index (χ1v) is 6.48. The summed E-state index contributed by atoms with van der Waals surface area (Å²) in [5.74, 6) is -0.208. The van der Waals surface area contributed by atoms with Gasteiger partial charge in [-0.15, -0.1) is 0 Å². The zero-order valence-corrected chi connectivity index (χ0v) is 11.1. The van der Waals surface area contributed by atoms with Crippen LogP contribution < -0.4 is 0 Å². The van der Waals surface area contributed by atoms with Crippen molar-refractivity contribution < 1.29 is 9.50 Å². The van der Waals surface area contributed by atoms with E-state index >= 15 is 0 Å². The highest BCUT2D eigenvalue weighted by atomic mass is 19.1. The summed E-state index contributed by atoms with van der Waals surface area (Å²) >= 11 is 0. The first-order chi connectivity index (χ1) is 8.00. The molecule has 0 heterocycles. The summed E-state index contributed by atoms with van der Waals surface area (Å²) in [6.07, 6.45) is 4.17. The molecule has 1 rings (SSSR count). The number of benzene rings is 1. The lowest BCUT2D eigenvalue weighted by Crippen LogP contribution is -2.31. The fraction of sp³-hybridized carbons (Fsp3) is 0.600. The van der Waals surface area contributed by atoms with Gasteiger partial charge >= 0.3 is 0 Å². The Morgan fingerprint density at radius 2 is 1.76 bits per heavy atom. The molecule has 0 aliphatic rings. The lowest BCUT2D eigenvalue weighted by molar-refractivity contribution is 0.0214. The van der Waals surface area contributed by atoms with E-state index in [0.717, 1.165) is 36.8 Å². The lowest BCUT2D eigenvalue weighted by Gasteiger charge is -2.28. The van der Waals surface area contributed by atoms with Crippen LogP contribution in [0, 0.1) is 12.7 Å². The summed E-state index contributed by atoms with van der Waals surface area (Å²) < 4.78 is 13.0. The van der Waals surface area contributed by atoms with Crippen molar-refractivity contribution in [2.45, 2.75) is 58.5 Å². The molecule has 0 atom stereocenters. The Hall–Kier alpha value is -0.890. The van der Waals surface area contributed by atoms with Crippen molar-refractivity contribution in [2.75, 3.05) is 0 Å². The average molecular weight is 238 g/mol. The first kappa shape index (κ1) is 14.2. The van der Waals surface area contributed by atoms with Crippen molar-refractivity contribution in [1.29, 1.82) is 0 Å². The predicted molar refractivity (Wildman–Crippen MR) is 69.6 cm³/mol. The molecule has 17 heavy (non-hydrogen) atoms. The smallest absolute Gasteiger partial charge is 0.123 e. The van der Waals surface area contributed by atoms with E-state index in [-0.39, 0.29) is 5.82 Å². The fourth-order valence-electron chi connectivity index (χ4n) is 2.44. The Morgan fingerprint density at radius 3 is 2.24 bits per heavy atom. The van der Waals surface area contributed by atoms with Crippen molar-refractivity contribution in [2.24, 2.45) is 0 Å². The number of aliphatic hydroxyl groups is 1. The molecule has 1 aromatic rings. The molecular formula is C15H23FO. The highest BCUT2D eigenvalue weighted by Gasteiger charge is 2.25. The minimum atomic E-state index is -0.633. The third-order valence-corrected chi connectivity index (χ3v) is 3.25. The van der Waals surface area contributed by atoms with E-state index in [2.05, 4.69) is 13.8 Å². The van der Waals surface area contributed by atoms with Crippen LogP contribution in [0.15, 0.2) is 18.2 Å². The quantitative estimate of drug-likeness (QED) is 0.794. The molecule has 0 aromatic heterocycles. The van der Waals surface area contributed by atoms with Crippen LogP contribution in [0.4, 0.5) is 4.39 Å². The van der Waals surface area contributed by atoms with E-state index < -0.39 is 5.60 Å². The van der Waals surface area contributed by atoms with Crippen molar-refractivity contribution in [3.63, 3.8) is 0 Å². The Kier molecular flexibility index (Phi) is 5.13. The molecule has 1 aromatic carbocycles. The zero-order valence-electron chi connectivity index (χ0n) is 11.1. The zero-order chi connectivity index (χ0) is 12.9. The molecule has 96 valence electrons. The summed E-state index contributed by atoms with van der Waals surface area (Å²) in [5, 5.41) is 10.6. The van der Waals surface area contributed by atoms with E-state index in [4.69, 9.17) is 0 Å². The molecule has 0 saturated heterocycles.